The van der Waals surface area contributed by atoms with E-state index in [1.807, 2.05) is 19.1 Å². The van der Waals surface area contributed by atoms with Crippen molar-refractivity contribution in [2.24, 2.45) is 0 Å². The van der Waals surface area contributed by atoms with E-state index in [1.165, 1.54) is 0 Å². The summed E-state index contributed by atoms with van der Waals surface area (Å²) in [6.07, 6.45) is 7.20. The average Bonchev–Trinajstić information content (AvgIpc) is 2.31. The number of imidazole rings is 1. The summed E-state index contributed by atoms with van der Waals surface area (Å²) in [6.45, 7) is 2.58. The molecule has 0 fully saturated rings. The summed E-state index contributed by atoms with van der Waals surface area (Å²) < 4.78 is 1.60. The second kappa shape index (κ2) is 3.06. The maximum Gasteiger partial charge on any atom is 0.325 e. The number of nitrogens with zero attached hydrogens (tertiary/aromatic N) is 1. The van der Waals surface area contributed by atoms with E-state index < -0.39 is 0 Å². The summed E-state index contributed by atoms with van der Waals surface area (Å²) in [5, 5.41) is 0. The van der Waals surface area contributed by atoms with Crippen LogP contribution in [-0.4, -0.2) is 9.55 Å². The van der Waals surface area contributed by atoms with Gasteiger partial charge in [-0.2, -0.15) is 0 Å². The van der Waals surface area contributed by atoms with Crippen molar-refractivity contribution in [3.05, 3.63) is 35.0 Å². The molecule has 0 saturated carbocycles. The van der Waals surface area contributed by atoms with Gasteiger partial charge in [0, 0.05) is 18.9 Å². The van der Waals surface area contributed by atoms with E-state index in [4.69, 9.17) is 0 Å². The molecule has 0 aromatic carbocycles. The molecule has 0 aliphatic carbocycles. The van der Waals surface area contributed by atoms with Crippen molar-refractivity contribution in [2.45, 2.75) is 13.5 Å². The molecule has 0 amide bonds. The lowest BCUT2D eigenvalue weighted by Gasteiger charge is -1.90. The van der Waals surface area contributed by atoms with Crippen LogP contribution in [0.2, 0.25) is 0 Å². The van der Waals surface area contributed by atoms with Crippen molar-refractivity contribution in [1.29, 1.82) is 0 Å². The van der Waals surface area contributed by atoms with Crippen molar-refractivity contribution >= 4 is 0 Å². The van der Waals surface area contributed by atoms with E-state index in [1.54, 1.807) is 17.0 Å². The van der Waals surface area contributed by atoms with Gasteiger partial charge in [0.2, 0.25) is 0 Å². The fraction of sp³-hybridized carbons (Fsp3) is 0.286. The number of H-pyrrole nitrogens is 1. The molecule has 0 unspecified atom stereocenters. The lowest BCUT2D eigenvalue weighted by molar-refractivity contribution is 0.781. The monoisotopic (exact) mass is 138 g/mol. The molecule has 1 N–H and O–H groups in total. The van der Waals surface area contributed by atoms with E-state index >= 15 is 0 Å². The predicted molar refractivity (Wildman–Crippen MR) is 39.9 cm³/mol. The van der Waals surface area contributed by atoms with Gasteiger partial charge in [0.15, 0.2) is 0 Å². The topological polar surface area (TPSA) is 37.8 Å². The van der Waals surface area contributed by atoms with Crippen LogP contribution in [0.1, 0.15) is 6.92 Å². The maximum absolute atomic E-state index is 10.8. The van der Waals surface area contributed by atoms with Crippen molar-refractivity contribution in [3.63, 3.8) is 0 Å². The first kappa shape index (κ1) is 6.86. The molecule has 1 heterocycles. The Kier molecular flexibility index (Phi) is 2.10. The maximum atomic E-state index is 10.8. The van der Waals surface area contributed by atoms with Crippen LogP contribution >= 0.6 is 0 Å². The van der Waals surface area contributed by atoms with Gasteiger partial charge in [0.1, 0.15) is 0 Å². The quantitative estimate of drug-likeness (QED) is 0.602. The smallest absolute Gasteiger partial charge is 0.313 e. The van der Waals surface area contributed by atoms with Crippen molar-refractivity contribution in [2.75, 3.05) is 0 Å². The summed E-state index contributed by atoms with van der Waals surface area (Å²) in [6, 6.07) is 0. The third-order valence-corrected chi connectivity index (χ3v) is 1.26. The molecule has 3 heteroatoms. The van der Waals surface area contributed by atoms with E-state index in [0.717, 1.165) is 0 Å². The summed E-state index contributed by atoms with van der Waals surface area (Å²) in [5.41, 5.74) is -0.0573. The Balaban J connectivity index is 2.75. The number of rotatable bonds is 2. The van der Waals surface area contributed by atoms with E-state index in [9.17, 15) is 4.79 Å². The average molecular weight is 138 g/mol. The summed E-state index contributed by atoms with van der Waals surface area (Å²) in [4.78, 5) is 13.3. The second-order valence-electron chi connectivity index (χ2n) is 1.99. The Morgan fingerprint density at radius 1 is 1.80 bits per heavy atom. The Labute approximate surface area is 59.0 Å². The Morgan fingerprint density at radius 2 is 2.60 bits per heavy atom. The molecule has 1 aromatic rings. The van der Waals surface area contributed by atoms with Crippen LogP contribution in [0.15, 0.2) is 29.3 Å². The molecule has 0 aliphatic rings. The molecule has 54 valence electrons. The fourth-order valence-corrected chi connectivity index (χ4v) is 0.712. The van der Waals surface area contributed by atoms with Gasteiger partial charge in [0.25, 0.3) is 0 Å². The highest BCUT2D eigenvalue weighted by molar-refractivity contribution is 4.83. The Morgan fingerprint density at radius 3 is 3.10 bits per heavy atom. The first-order chi connectivity index (χ1) is 4.84. The first-order valence-electron chi connectivity index (χ1n) is 3.19. The zero-order valence-electron chi connectivity index (χ0n) is 5.87. The minimum Gasteiger partial charge on any atom is -0.313 e. The van der Waals surface area contributed by atoms with Crippen molar-refractivity contribution < 1.29 is 0 Å². The van der Waals surface area contributed by atoms with Gasteiger partial charge in [-0.25, -0.2) is 4.79 Å². The minimum atomic E-state index is -0.0573. The minimum absolute atomic E-state index is 0.0573. The zero-order valence-corrected chi connectivity index (χ0v) is 5.87. The van der Waals surface area contributed by atoms with Crippen molar-refractivity contribution in [1.82, 2.24) is 9.55 Å². The number of nitrogens with one attached hydrogen (secondary N) is 1. The summed E-state index contributed by atoms with van der Waals surface area (Å²) in [5.74, 6) is 0. The van der Waals surface area contributed by atoms with Gasteiger partial charge in [-0.1, -0.05) is 12.2 Å². The summed E-state index contributed by atoms with van der Waals surface area (Å²) >= 11 is 0. The Bertz CT molecular complexity index is 269. The normalized spacial score (nSPS) is 10.9. The van der Waals surface area contributed by atoms with Crippen LogP contribution in [0.5, 0.6) is 0 Å². The fourth-order valence-electron chi connectivity index (χ4n) is 0.712. The molecule has 0 radical (unpaired) electrons. The Hall–Kier alpha value is -1.25. The molecule has 0 spiro atoms. The molecule has 0 atom stereocenters. The molecule has 10 heavy (non-hydrogen) atoms. The van der Waals surface area contributed by atoms with Crippen LogP contribution in [-0.2, 0) is 6.54 Å². The standard InChI is InChI=1S/C7H10N2O/c1-2-3-5-9-6-4-8-7(9)10/h2-4,6H,5H2,1H3,(H,8,10)/b3-2+. The van der Waals surface area contributed by atoms with Crippen LogP contribution in [0.25, 0.3) is 0 Å². The number of aromatic nitrogens is 2. The molecular weight excluding hydrogens is 128 g/mol. The highest BCUT2D eigenvalue weighted by Crippen LogP contribution is 1.80. The van der Waals surface area contributed by atoms with E-state index in [2.05, 4.69) is 4.98 Å². The van der Waals surface area contributed by atoms with Gasteiger partial charge in [-0.15, -0.1) is 0 Å². The first-order valence-corrected chi connectivity index (χ1v) is 3.19. The predicted octanol–water partition coefficient (Wildman–Crippen LogP) is 0.752. The van der Waals surface area contributed by atoms with E-state index in [-0.39, 0.29) is 5.69 Å². The van der Waals surface area contributed by atoms with Crippen LogP contribution in [0, 0.1) is 0 Å². The lowest BCUT2D eigenvalue weighted by atomic mass is 10.5. The molecular formula is C7H10N2O. The van der Waals surface area contributed by atoms with Crippen LogP contribution in [0.4, 0.5) is 0 Å². The third-order valence-electron chi connectivity index (χ3n) is 1.26. The SMILES string of the molecule is C/C=C/Cn1cc[nH]c1=O. The molecule has 1 aromatic heterocycles. The molecule has 0 aliphatic heterocycles. The van der Waals surface area contributed by atoms with E-state index in [0.29, 0.717) is 6.54 Å². The molecule has 1 rings (SSSR count). The number of hydrogen-bond acceptors (Lipinski definition) is 1. The zero-order chi connectivity index (χ0) is 7.40. The van der Waals surface area contributed by atoms with Gasteiger partial charge >= 0.3 is 5.69 Å². The number of aromatic amines is 1. The largest absolute Gasteiger partial charge is 0.325 e. The van der Waals surface area contributed by atoms with Crippen LogP contribution < -0.4 is 5.69 Å². The van der Waals surface area contributed by atoms with Gasteiger partial charge in [0.05, 0.1) is 0 Å². The van der Waals surface area contributed by atoms with Gasteiger partial charge in [-0.3, -0.25) is 4.57 Å². The molecule has 0 bridgehead atoms. The third kappa shape index (κ3) is 1.37. The lowest BCUT2D eigenvalue weighted by Crippen LogP contribution is -2.14. The molecule has 3 nitrogen and oxygen atoms in total. The second-order valence-corrected chi connectivity index (χ2v) is 1.99. The van der Waals surface area contributed by atoms with Gasteiger partial charge in [-0.05, 0) is 6.92 Å². The van der Waals surface area contributed by atoms with Crippen molar-refractivity contribution in [3.8, 4) is 0 Å². The summed E-state index contributed by atoms with van der Waals surface area (Å²) in [7, 11) is 0. The number of hydrogen-bond donors (Lipinski definition) is 1. The highest BCUT2D eigenvalue weighted by Gasteiger charge is 1.88. The molecule has 0 saturated heterocycles. The highest BCUT2D eigenvalue weighted by atomic mass is 16.1. The number of allylic oxidation sites excluding steroid dienone is 2. The van der Waals surface area contributed by atoms with Gasteiger partial charge < -0.3 is 4.98 Å². The van der Waals surface area contributed by atoms with Crippen LogP contribution in [0.3, 0.4) is 0 Å².